The van der Waals surface area contributed by atoms with Crippen LogP contribution in [0.1, 0.15) is 31.4 Å². The molecule has 0 radical (unpaired) electrons. The predicted molar refractivity (Wildman–Crippen MR) is 111 cm³/mol. The van der Waals surface area contributed by atoms with Crippen LogP contribution in [0.3, 0.4) is 0 Å². The van der Waals surface area contributed by atoms with Crippen LogP contribution < -0.4 is 5.32 Å². The fourth-order valence-corrected chi connectivity index (χ4v) is 3.94. The fourth-order valence-electron chi connectivity index (χ4n) is 3.36. The van der Waals surface area contributed by atoms with E-state index in [1.165, 1.54) is 6.20 Å². The van der Waals surface area contributed by atoms with Gasteiger partial charge < -0.3 is 15.1 Å². The number of carbonyl (C=O) groups is 1. The molecule has 150 valence electrons. The molecule has 28 heavy (non-hydrogen) atoms. The average Bonchev–Trinajstić information content (AvgIpc) is 2.70. The Hall–Kier alpha value is -1.96. The van der Waals surface area contributed by atoms with E-state index in [0.717, 1.165) is 31.5 Å². The number of carbonyl (C=O) groups excluding carboxylic acids is 1. The number of rotatable bonds is 4. The number of piperidine rings is 1. The number of nitrogens with zero attached hydrogens (tertiary/aromatic N) is 5. The maximum atomic E-state index is 12.7. The summed E-state index contributed by atoms with van der Waals surface area (Å²) in [5.74, 6) is 0.402. The zero-order valence-corrected chi connectivity index (χ0v) is 17.7. The molecular formula is C19H24Cl2N6O. The number of aromatic nitrogens is 3. The van der Waals surface area contributed by atoms with Gasteiger partial charge in [0, 0.05) is 24.8 Å². The van der Waals surface area contributed by atoms with Crippen molar-refractivity contribution in [3.63, 3.8) is 0 Å². The number of likely N-dealkylation sites (tertiary alicyclic amines) is 1. The Morgan fingerprint density at radius 1 is 1.25 bits per heavy atom. The number of nitrogens with one attached hydrogen (secondary N) is 1. The molecule has 2 heterocycles. The summed E-state index contributed by atoms with van der Waals surface area (Å²) in [6, 6.07) is 3.46. The zero-order chi connectivity index (χ0) is 20.3. The molecule has 1 aromatic heterocycles. The second kappa shape index (κ2) is 9.03. The molecule has 2 amide bonds. The van der Waals surface area contributed by atoms with Crippen molar-refractivity contribution >= 4 is 29.2 Å². The van der Waals surface area contributed by atoms with E-state index in [0.29, 0.717) is 21.4 Å². The van der Waals surface area contributed by atoms with Crippen LogP contribution >= 0.6 is 23.2 Å². The fraction of sp³-hybridized carbons (Fsp3) is 0.474. The van der Waals surface area contributed by atoms with Crippen LogP contribution in [0, 0.1) is 0 Å². The first-order valence-electron chi connectivity index (χ1n) is 9.22. The summed E-state index contributed by atoms with van der Waals surface area (Å²) in [4.78, 5) is 20.9. The minimum Gasteiger partial charge on any atom is -0.331 e. The van der Waals surface area contributed by atoms with Gasteiger partial charge in [-0.05, 0) is 51.5 Å². The van der Waals surface area contributed by atoms with E-state index in [4.69, 9.17) is 23.2 Å². The standard InChI is InChI=1S/C19H24Cl2N6O/c1-12(24-19(28)27(3)13-6-10-26(2)11-7-13)14-4-5-15(17(21)16(14)20)18-22-8-9-23-25-18/h4-5,8-9,12-13H,6-7,10-11H2,1-3H3,(H,24,28). The average molecular weight is 423 g/mol. The van der Waals surface area contributed by atoms with Gasteiger partial charge in [-0.1, -0.05) is 29.3 Å². The molecule has 1 fully saturated rings. The molecule has 2 aromatic rings. The molecule has 1 N–H and O–H groups in total. The van der Waals surface area contributed by atoms with Gasteiger partial charge in [0.05, 0.1) is 22.3 Å². The van der Waals surface area contributed by atoms with E-state index in [9.17, 15) is 4.79 Å². The summed E-state index contributed by atoms with van der Waals surface area (Å²) >= 11 is 12.9. The van der Waals surface area contributed by atoms with Gasteiger partial charge in [-0.25, -0.2) is 9.78 Å². The molecule has 0 aliphatic carbocycles. The Balaban J connectivity index is 1.71. The lowest BCUT2D eigenvalue weighted by molar-refractivity contribution is 0.146. The number of amides is 2. The lowest BCUT2D eigenvalue weighted by atomic mass is 10.0. The van der Waals surface area contributed by atoms with Crippen molar-refractivity contribution in [2.24, 2.45) is 0 Å². The van der Waals surface area contributed by atoms with Crippen LogP contribution in [0.2, 0.25) is 10.0 Å². The van der Waals surface area contributed by atoms with Crippen LogP contribution in [0.4, 0.5) is 4.79 Å². The van der Waals surface area contributed by atoms with E-state index in [2.05, 4.69) is 32.4 Å². The van der Waals surface area contributed by atoms with Crippen LogP contribution in [0.25, 0.3) is 11.4 Å². The van der Waals surface area contributed by atoms with Gasteiger partial charge in [-0.15, -0.1) is 5.10 Å². The van der Waals surface area contributed by atoms with Crippen molar-refractivity contribution in [2.75, 3.05) is 27.2 Å². The molecule has 1 unspecified atom stereocenters. The third kappa shape index (κ3) is 4.54. The highest BCUT2D eigenvalue weighted by Crippen LogP contribution is 2.36. The van der Waals surface area contributed by atoms with E-state index < -0.39 is 0 Å². The summed E-state index contributed by atoms with van der Waals surface area (Å²) in [6.45, 7) is 3.88. The van der Waals surface area contributed by atoms with Gasteiger partial charge >= 0.3 is 6.03 Å². The maximum Gasteiger partial charge on any atom is 0.317 e. The van der Waals surface area contributed by atoms with E-state index in [-0.39, 0.29) is 18.1 Å². The minimum atomic E-state index is -0.296. The number of benzene rings is 1. The summed E-state index contributed by atoms with van der Waals surface area (Å²) in [6.07, 6.45) is 4.98. The van der Waals surface area contributed by atoms with Gasteiger partial charge in [0.1, 0.15) is 0 Å². The predicted octanol–water partition coefficient (Wildman–Crippen LogP) is 3.64. The Bertz CT molecular complexity index is 827. The third-order valence-corrected chi connectivity index (χ3v) is 6.09. The lowest BCUT2D eigenvalue weighted by Crippen LogP contribution is -2.48. The van der Waals surface area contributed by atoms with Crippen molar-refractivity contribution in [3.8, 4) is 11.4 Å². The minimum absolute atomic E-state index is 0.117. The first-order chi connectivity index (χ1) is 13.4. The van der Waals surface area contributed by atoms with Crippen LogP contribution in [-0.4, -0.2) is 64.2 Å². The quantitative estimate of drug-likeness (QED) is 0.813. The summed E-state index contributed by atoms with van der Waals surface area (Å²) in [7, 11) is 3.94. The number of hydrogen-bond acceptors (Lipinski definition) is 5. The van der Waals surface area contributed by atoms with Gasteiger partial charge in [0.15, 0.2) is 5.82 Å². The normalized spacial score (nSPS) is 16.6. The summed E-state index contributed by atoms with van der Waals surface area (Å²) in [5, 5.41) is 11.5. The van der Waals surface area contributed by atoms with Gasteiger partial charge in [0.25, 0.3) is 0 Å². The molecule has 0 spiro atoms. The Labute approximate surface area is 175 Å². The third-order valence-electron chi connectivity index (χ3n) is 5.20. The zero-order valence-electron chi connectivity index (χ0n) is 16.2. The van der Waals surface area contributed by atoms with Crippen LogP contribution in [0.15, 0.2) is 24.5 Å². The molecule has 1 atom stereocenters. The molecule has 0 bridgehead atoms. The van der Waals surface area contributed by atoms with Crippen molar-refractivity contribution in [1.82, 2.24) is 30.3 Å². The number of urea groups is 1. The molecule has 9 heteroatoms. The topological polar surface area (TPSA) is 74.2 Å². The lowest BCUT2D eigenvalue weighted by Gasteiger charge is -2.35. The van der Waals surface area contributed by atoms with Gasteiger partial charge in [-0.2, -0.15) is 5.10 Å². The molecule has 3 rings (SSSR count). The monoisotopic (exact) mass is 422 g/mol. The summed E-state index contributed by atoms with van der Waals surface area (Å²) < 4.78 is 0. The van der Waals surface area contributed by atoms with Gasteiger partial charge in [0.2, 0.25) is 0 Å². The number of hydrogen-bond donors (Lipinski definition) is 1. The van der Waals surface area contributed by atoms with Crippen LogP contribution in [0.5, 0.6) is 0 Å². The molecule has 1 aromatic carbocycles. The first kappa shape index (κ1) is 20.8. The molecule has 1 saturated heterocycles. The van der Waals surface area contributed by atoms with E-state index in [1.807, 2.05) is 20.0 Å². The second-order valence-electron chi connectivity index (χ2n) is 7.11. The SMILES string of the molecule is CC(NC(=O)N(C)C1CCN(C)CC1)c1ccc(-c2nccnn2)c(Cl)c1Cl. The van der Waals surface area contributed by atoms with E-state index >= 15 is 0 Å². The molecule has 7 nitrogen and oxygen atoms in total. The molecule has 0 saturated carbocycles. The highest BCUT2D eigenvalue weighted by molar-refractivity contribution is 6.44. The second-order valence-corrected chi connectivity index (χ2v) is 7.87. The smallest absolute Gasteiger partial charge is 0.317 e. The Morgan fingerprint density at radius 3 is 2.61 bits per heavy atom. The largest absolute Gasteiger partial charge is 0.331 e. The maximum absolute atomic E-state index is 12.7. The molecule has 1 aliphatic rings. The van der Waals surface area contributed by atoms with Crippen LogP contribution in [-0.2, 0) is 0 Å². The summed E-state index contributed by atoms with van der Waals surface area (Å²) in [5.41, 5.74) is 1.34. The van der Waals surface area contributed by atoms with Crippen molar-refractivity contribution in [3.05, 3.63) is 40.1 Å². The Morgan fingerprint density at radius 2 is 1.96 bits per heavy atom. The molecular weight excluding hydrogens is 399 g/mol. The van der Waals surface area contributed by atoms with Crippen molar-refractivity contribution in [2.45, 2.75) is 31.8 Å². The number of halogens is 2. The van der Waals surface area contributed by atoms with Crippen molar-refractivity contribution in [1.29, 1.82) is 0 Å². The highest BCUT2D eigenvalue weighted by atomic mass is 35.5. The molecule has 1 aliphatic heterocycles. The van der Waals surface area contributed by atoms with Crippen molar-refractivity contribution < 1.29 is 4.79 Å². The first-order valence-corrected chi connectivity index (χ1v) is 9.98. The van der Waals surface area contributed by atoms with E-state index in [1.54, 1.807) is 17.2 Å². The highest BCUT2D eigenvalue weighted by Gasteiger charge is 2.26. The van der Waals surface area contributed by atoms with Gasteiger partial charge in [-0.3, -0.25) is 0 Å². The Kier molecular flexibility index (Phi) is 6.69.